The first-order valence-corrected chi connectivity index (χ1v) is 10.7. The van der Waals surface area contributed by atoms with Crippen LogP contribution >= 0.6 is 0 Å². The average molecular weight is 412 g/mol. The molecule has 7 nitrogen and oxygen atoms in total. The molecule has 160 valence electrons. The summed E-state index contributed by atoms with van der Waals surface area (Å²) in [4.78, 5) is 41.6. The molecule has 1 saturated carbocycles. The Bertz CT molecular complexity index is 1010. The molecule has 0 spiro atoms. The van der Waals surface area contributed by atoms with Gasteiger partial charge in [-0.25, -0.2) is 4.79 Å². The molecule has 0 N–H and O–H groups in total. The van der Waals surface area contributed by atoms with Crippen molar-refractivity contribution in [3.05, 3.63) is 40.2 Å². The number of benzene rings is 1. The van der Waals surface area contributed by atoms with E-state index in [2.05, 4.69) is 0 Å². The van der Waals surface area contributed by atoms with Gasteiger partial charge in [0.05, 0.1) is 6.10 Å². The summed E-state index contributed by atoms with van der Waals surface area (Å²) in [6.07, 6.45) is 3.78. The summed E-state index contributed by atoms with van der Waals surface area (Å²) in [5, 5.41) is 0.672. The van der Waals surface area contributed by atoms with Gasteiger partial charge in [-0.05, 0) is 51.3 Å². The monoisotopic (exact) mass is 412 g/mol. The molecule has 1 aromatic heterocycles. The maximum atomic E-state index is 13.0. The first kappa shape index (κ1) is 20.4. The number of fused-ring (bicyclic) bond motifs is 1. The van der Waals surface area contributed by atoms with Gasteiger partial charge in [-0.2, -0.15) is 0 Å². The Kier molecular flexibility index (Phi) is 5.79. The Morgan fingerprint density at radius 3 is 2.47 bits per heavy atom. The largest absolute Gasteiger partial charge is 0.491 e. The molecule has 2 aliphatic rings. The van der Waals surface area contributed by atoms with Gasteiger partial charge in [0.1, 0.15) is 16.9 Å². The van der Waals surface area contributed by atoms with Gasteiger partial charge in [-0.15, -0.1) is 0 Å². The minimum atomic E-state index is -0.652. The van der Waals surface area contributed by atoms with E-state index in [1.165, 1.54) is 0 Å². The van der Waals surface area contributed by atoms with E-state index in [0.717, 1.165) is 19.3 Å². The van der Waals surface area contributed by atoms with E-state index in [9.17, 15) is 14.4 Å². The van der Waals surface area contributed by atoms with Crippen molar-refractivity contribution >= 4 is 22.8 Å². The van der Waals surface area contributed by atoms with Crippen LogP contribution in [0.5, 0.6) is 5.75 Å². The highest BCUT2D eigenvalue weighted by Gasteiger charge is 2.31. The molecule has 30 heavy (non-hydrogen) atoms. The number of carbonyl (C=O) groups is 2. The van der Waals surface area contributed by atoms with E-state index < -0.39 is 5.63 Å². The van der Waals surface area contributed by atoms with Crippen molar-refractivity contribution in [2.45, 2.75) is 45.6 Å². The Hall–Kier alpha value is -2.83. The van der Waals surface area contributed by atoms with E-state index in [1.54, 1.807) is 29.2 Å². The quantitative estimate of drug-likeness (QED) is 0.721. The molecule has 1 aromatic carbocycles. The SMILES string of the molecule is CC(C)Oc1ccc2cc(C(=O)N3CCCN(C(=O)C4CCC4)CC3)c(=O)oc2c1. The molecule has 1 aliphatic heterocycles. The molecule has 2 heterocycles. The fourth-order valence-corrected chi connectivity index (χ4v) is 4.01. The van der Waals surface area contributed by atoms with Gasteiger partial charge in [0.15, 0.2) is 0 Å². The second-order valence-corrected chi connectivity index (χ2v) is 8.41. The van der Waals surface area contributed by atoms with Crippen molar-refractivity contribution in [1.82, 2.24) is 9.80 Å². The number of nitrogens with zero attached hydrogens (tertiary/aromatic N) is 2. The Labute approximate surface area is 175 Å². The van der Waals surface area contributed by atoms with Gasteiger partial charge in [-0.1, -0.05) is 6.42 Å². The number of rotatable bonds is 4. The molecule has 1 saturated heterocycles. The van der Waals surface area contributed by atoms with Crippen LogP contribution in [0.25, 0.3) is 11.0 Å². The third kappa shape index (κ3) is 4.20. The predicted molar refractivity (Wildman–Crippen MR) is 113 cm³/mol. The lowest BCUT2D eigenvalue weighted by molar-refractivity contribution is -0.138. The van der Waals surface area contributed by atoms with E-state index >= 15 is 0 Å². The number of hydrogen-bond acceptors (Lipinski definition) is 5. The van der Waals surface area contributed by atoms with Crippen LogP contribution in [-0.4, -0.2) is 53.9 Å². The van der Waals surface area contributed by atoms with Crippen LogP contribution in [-0.2, 0) is 4.79 Å². The first-order valence-electron chi connectivity index (χ1n) is 10.7. The fraction of sp³-hybridized carbons (Fsp3) is 0.522. The van der Waals surface area contributed by atoms with Gasteiger partial charge >= 0.3 is 5.63 Å². The van der Waals surface area contributed by atoms with Crippen LogP contribution in [0, 0.1) is 5.92 Å². The zero-order valence-corrected chi connectivity index (χ0v) is 17.6. The highest BCUT2D eigenvalue weighted by molar-refractivity contribution is 5.96. The van der Waals surface area contributed by atoms with Crippen molar-refractivity contribution < 1.29 is 18.7 Å². The summed E-state index contributed by atoms with van der Waals surface area (Å²) in [6.45, 7) is 5.95. The Balaban J connectivity index is 1.50. The highest BCUT2D eigenvalue weighted by atomic mass is 16.5. The minimum absolute atomic E-state index is 0.00815. The minimum Gasteiger partial charge on any atom is -0.491 e. The third-order valence-corrected chi connectivity index (χ3v) is 5.86. The van der Waals surface area contributed by atoms with E-state index in [0.29, 0.717) is 49.3 Å². The summed E-state index contributed by atoms with van der Waals surface area (Å²) >= 11 is 0. The molecule has 2 fully saturated rings. The Morgan fingerprint density at radius 2 is 1.77 bits per heavy atom. The zero-order valence-electron chi connectivity index (χ0n) is 17.6. The fourth-order valence-electron chi connectivity index (χ4n) is 4.01. The van der Waals surface area contributed by atoms with Crippen LogP contribution in [0.4, 0.5) is 0 Å². The molecule has 0 radical (unpaired) electrons. The topological polar surface area (TPSA) is 80.1 Å². The lowest BCUT2D eigenvalue weighted by atomic mass is 9.84. The Morgan fingerprint density at radius 1 is 1.03 bits per heavy atom. The van der Waals surface area contributed by atoms with Gasteiger partial charge in [0, 0.05) is 43.5 Å². The maximum absolute atomic E-state index is 13.0. The van der Waals surface area contributed by atoms with Crippen LogP contribution in [0.1, 0.15) is 49.9 Å². The smallest absolute Gasteiger partial charge is 0.349 e. The second-order valence-electron chi connectivity index (χ2n) is 8.41. The molecule has 0 bridgehead atoms. The van der Waals surface area contributed by atoms with Gasteiger partial charge in [0.2, 0.25) is 5.91 Å². The summed E-state index contributed by atoms with van der Waals surface area (Å²) < 4.78 is 11.1. The summed E-state index contributed by atoms with van der Waals surface area (Å²) in [6, 6.07) is 6.84. The summed E-state index contributed by atoms with van der Waals surface area (Å²) in [5.41, 5.74) is -0.234. The highest BCUT2D eigenvalue weighted by Crippen LogP contribution is 2.28. The van der Waals surface area contributed by atoms with Crippen molar-refractivity contribution in [3.8, 4) is 5.75 Å². The molecule has 1 aliphatic carbocycles. The molecule has 2 aromatic rings. The second kappa shape index (κ2) is 8.50. The van der Waals surface area contributed by atoms with Gasteiger partial charge in [-0.3, -0.25) is 9.59 Å². The maximum Gasteiger partial charge on any atom is 0.349 e. The molecule has 0 unspecified atom stereocenters. The van der Waals surface area contributed by atoms with E-state index in [-0.39, 0.29) is 29.4 Å². The van der Waals surface area contributed by atoms with Gasteiger partial charge in [0.25, 0.3) is 5.91 Å². The molecule has 0 atom stereocenters. The van der Waals surface area contributed by atoms with Crippen molar-refractivity contribution in [2.24, 2.45) is 5.92 Å². The molecular formula is C23H28N2O5. The van der Waals surface area contributed by atoms with E-state index in [4.69, 9.17) is 9.15 Å². The summed E-state index contributed by atoms with van der Waals surface area (Å²) in [5.74, 6) is 0.638. The average Bonchev–Trinajstić information content (AvgIpc) is 2.91. The van der Waals surface area contributed by atoms with Crippen LogP contribution < -0.4 is 10.4 Å². The lowest BCUT2D eigenvalue weighted by Crippen LogP contribution is -2.42. The predicted octanol–water partition coefficient (Wildman–Crippen LogP) is 3.05. The number of amides is 2. The van der Waals surface area contributed by atoms with Crippen molar-refractivity contribution in [1.29, 1.82) is 0 Å². The zero-order chi connectivity index (χ0) is 21.3. The number of hydrogen-bond donors (Lipinski definition) is 0. The molecule has 7 heteroatoms. The van der Waals surface area contributed by atoms with Gasteiger partial charge < -0.3 is 19.0 Å². The lowest BCUT2D eigenvalue weighted by Gasteiger charge is -2.31. The molecular weight excluding hydrogens is 384 g/mol. The van der Waals surface area contributed by atoms with Crippen molar-refractivity contribution in [3.63, 3.8) is 0 Å². The third-order valence-electron chi connectivity index (χ3n) is 5.86. The molecule has 2 amide bonds. The molecule has 4 rings (SSSR count). The van der Waals surface area contributed by atoms with E-state index in [1.807, 2.05) is 18.7 Å². The summed E-state index contributed by atoms with van der Waals surface area (Å²) in [7, 11) is 0. The van der Waals surface area contributed by atoms with Crippen LogP contribution in [0.15, 0.2) is 33.5 Å². The normalized spacial score (nSPS) is 17.7. The first-order chi connectivity index (χ1) is 14.4. The number of carbonyl (C=O) groups excluding carboxylic acids is 2. The van der Waals surface area contributed by atoms with Crippen molar-refractivity contribution in [2.75, 3.05) is 26.2 Å². The van der Waals surface area contributed by atoms with Crippen LogP contribution in [0.3, 0.4) is 0 Å². The van der Waals surface area contributed by atoms with Crippen LogP contribution in [0.2, 0.25) is 0 Å². The standard InChI is InChI=1S/C23H28N2O5/c1-15(2)29-18-8-7-17-13-19(23(28)30-20(17)14-18)22(27)25-10-4-9-24(11-12-25)21(26)16-5-3-6-16/h7-8,13-16H,3-6,9-12H2,1-2H3. The number of ether oxygens (including phenoxy) is 1.